The molecular formula is C19H16BrNO5. The van der Waals surface area contributed by atoms with Crippen LogP contribution in [-0.4, -0.2) is 37.2 Å². The second kappa shape index (κ2) is 7.61. The molecule has 0 bridgehead atoms. The van der Waals surface area contributed by atoms with Crippen molar-refractivity contribution < 1.29 is 24.2 Å². The van der Waals surface area contributed by atoms with E-state index in [1.54, 1.807) is 36.4 Å². The van der Waals surface area contributed by atoms with Crippen LogP contribution in [0.5, 0.6) is 11.5 Å². The van der Waals surface area contributed by atoms with Gasteiger partial charge in [0.25, 0.3) is 0 Å². The van der Waals surface area contributed by atoms with Crippen LogP contribution in [0.4, 0.5) is 10.5 Å². The fourth-order valence-corrected chi connectivity index (χ4v) is 3.03. The van der Waals surface area contributed by atoms with E-state index in [4.69, 9.17) is 9.47 Å². The minimum Gasteiger partial charge on any atom is -0.504 e. The third-order valence-electron chi connectivity index (χ3n) is 3.92. The first-order valence-corrected chi connectivity index (χ1v) is 8.62. The lowest BCUT2D eigenvalue weighted by Crippen LogP contribution is -2.23. The third-order valence-corrected chi connectivity index (χ3v) is 4.60. The number of benzene rings is 2. The number of anilines is 1. The molecule has 0 aliphatic carbocycles. The molecule has 0 radical (unpaired) electrons. The number of nitrogens with zero attached hydrogens (tertiary/aromatic N) is 1. The minimum absolute atomic E-state index is 0.00746. The normalized spacial score (nSPS) is 13.9. The fraction of sp³-hybridized carbons (Fsp3) is 0.158. The molecule has 1 fully saturated rings. The number of phenols is 1. The van der Waals surface area contributed by atoms with Gasteiger partial charge in [-0.15, -0.1) is 0 Å². The second-order valence-corrected chi connectivity index (χ2v) is 6.41. The van der Waals surface area contributed by atoms with Crippen LogP contribution >= 0.6 is 15.9 Å². The predicted molar refractivity (Wildman–Crippen MR) is 101 cm³/mol. The largest absolute Gasteiger partial charge is 0.504 e. The maximum atomic E-state index is 12.5. The maximum absolute atomic E-state index is 12.5. The number of rotatable bonds is 5. The molecule has 0 saturated carbocycles. The van der Waals surface area contributed by atoms with Crippen molar-refractivity contribution in [3.05, 3.63) is 58.1 Å². The molecule has 0 unspecified atom stereocenters. The van der Waals surface area contributed by atoms with Crippen LogP contribution in [0.2, 0.25) is 0 Å². The van der Waals surface area contributed by atoms with Gasteiger partial charge in [0.1, 0.15) is 6.61 Å². The van der Waals surface area contributed by atoms with Crippen LogP contribution in [-0.2, 0) is 4.74 Å². The topological polar surface area (TPSA) is 76.1 Å². The lowest BCUT2D eigenvalue weighted by molar-refractivity contribution is 0.104. The zero-order chi connectivity index (χ0) is 18.7. The van der Waals surface area contributed by atoms with E-state index in [0.29, 0.717) is 40.2 Å². The van der Waals surface area contributed by atoms with Crippen LogP contribution in [0.25, 0.3) is 6.08 Å². The zero-order valence-electron chi connectivity index (χ0n) is 13.9. The minimum atomic E-state index is -0.412. The van der Waals surface area contributed by atoms with Gasteiger partial charge in [0, 0.05) is 15.7 Å². The summed E-state index contributed by atoms with van der Waals surface area (Å²) in [4.78, 5) is 25.6. The summed E-state index contributed by atoms with van der Waals surface area (Å²) >= 11 is 3.34. The van der Waals surface area contributed by atoms with E-state index in [1.807, 2.05) is 0 Å². The standard InChI is InChI=1S/C19H16BrNO5/c1-25-18-10-12(15(20)11-17(18)23)5-6-16(22)13-3-2-4-14(9-13)21-7-8-26-19(21)24/h2-6,9-11,23H,7-8H2,1H3/b6-5+. The SMILES string of the molecule is COc1cc(/C=C/C(=O)c2cccc(N3CCOC3=O)c2)c(Br)cc1O. The molecule has 2 aromatic rings. The summed E-state index contributed by atoms with van der Waals surface area (Å²) in [6.45, 7) is 0.806. The number of carbonyl (C=O) groups is 2. The van der Waals surface area contributed by atoms with E-state index in [2.05, 4.69) is 15.9 Å². The van der Waals surface area contributed by atoms with Crippen molar-refractivity contribution in [3.63, 3.8) is 0 Å². The molecule has 1 aliphatic heterocycles. The number of methoxy groups -OCH3 is 1. The van der Waals surface area contributed by atoms with E-state index in [1.165, 1.54) is 24.2 Å². The Morgan fingerprint density at radius 2 is 2.15 bits per heavy atom. The number of ether oxygens (including phenoxy) is 2. The van der Waals surface area contributed by atoms with E-state index in [9.17, 15) is 14.7 Å². The summed E-state index contributed by atoms with van der Waals surface area (Å²) in [7, 11) is 1.45. The quantitative estimate of drug-likeness (QED) is 0.587. The van der Waals surface area contributed by atoms with Gasteiger partial charge in [-0.3, -0.25) is 9.69 Å². The summed E-state index contributed by atoms with van der Waals surface area (Å²) < 4.78 is 10.6. The van der Waals surface area contributed by atoms with Crippen molar-refractivity contribution in [3.8, 4) is 11.5 Å². The van der Waals surface area contributed by atoms with Crippen molar-refractivity contribution in [1.29, 1.82) is 0 Å². The van der Waals surface area contributed by atoms with Crippen LogP contribution in [0, 0.1) is 0 Å². The summed E-state index contributed by atoms with van der Waals surface area (Å²) in [5, 5.41) is 9.74. The first-order valence-electron chi connectivity index (χ1n) is 7.83. The van der Waals surface area contributed by atoms with E-state index in [-0.39, 0.29) is 11.5 Å². The molecule has 26 heavy (non-hydrogen) atoms. The number of hydrogen-bond donors (Lipinski definition) is 1. The number of phenolic OH excluding ortho intramolecular Hbond substituents is 1. The number of halogens is 1. The summed E-state index contributed by atoms with van der Waals surface area (Å²) in [6, 6.07) is 9.95. The molecule has 0 spiro atoms. The molecule has 6 nitrogen and oxygen atoms in total. The summed E-state index contributed by atoms with van der Waals surface area (Å²) in [6.07, 6.45) is 2.65. The van der Waals surface area contributed by atoms with Crippen LogP contribution in [0.3, 0.4) is 0 Å². The first kappa shape index (κ1) is 18.0. The van der Waals surface area contributed by atoms with Crippen molar-refractivity contribution >= 4 is 39.6 Å². The molecule has 3 rings (SSSR count). The van der Waals surface area contributed by atoms with Gasteiger partial charge in [-0.25, -0.2) is 4.79 Å². The van der Waals surface area contributed by atoms with Crippen molar-refractivity contribution in [2.75, 3.05) is 25.2 Å². The molecule has 2 aromatic carbocycles. The number of cyclic esters (lactones) is 1. The van der Waals surface area contributed by atoms with Crippen LogP contribution in [0.1, 0.15) is 15.9 Å². The Morgan fingerprint density at radius 3 is 2.85 bits per heavy atom. The molecule has 1 N–H and O–H groups in total. The Hall–Kier alpha value is -2.80. The zero-order valence-corrected chi connectivity index (χ0v) is 15.5. The predicted octanol–water partition coefficient (Wildman–Crippen LogP) is 4.02. The second-order valence-electron chi connectivity index (χ2n) is 5.56. The number of amides is 1. The Kier molecular flexibility index (Phi) is 5.27. The highest BCUT2D eigenvalue weighted by Crippen LogP contribution is 2.33. The van der Waals surface area contributed by atoms with E-state index >= 15 is 0 Å². The Balaban J connectivity index is 1.82. The van der Waals surface area contributed by atoms with Gasteiger partial charge < -0.3 is 14.6 Å². The Morgan fingerprint density at radius 1 is 1.35 bits per heavy atom. The van der Waals surface area contributed by atoms with Crippen molar-refractivity contribution in [1.82, 2.24) is 0 Å². The average molecular weight is 418 g/mol. The van der Waals surface area contributed by atoms with Crippen LogP contribution < -0.4 is 9.64 Å². The molecule has 0 aromatic heterocycles. The summed E-state index contributed by atoms with van der Waals surface area (Å²) in [5.74, 6) is 0.112. The number of carbonyl (C=O) groups excluding carboxylic acids is 2. The molecule has 1 heterocycles. The lowest BCUT2D eigenvalue weighted by atomic mass is 10.1. The molecule has 1 aliphatic rings. The van der Waals surface area contributed by atoms with Gasteiger partial charge >= 0.3 is 6.09 Å². The Labute approximate surface area is 158 Å². The first-order chi connectivity index (χ1) is 12.5. The lowest BCUT2D eigenvalue weighted by Gasteiger charge is -2.13. The number of aromatic hydroxyl groups is 1. The molecular weight excluding hydrogens is 402 g/mol. The molecule has 7 heteroatoms. The molecule has 134 valence electrons. The number of ketones is 1. The van der Waals surface area contributed by atoms with Gasteiger partial charge in [0.15, 0.2) is 17.3 Å². The average Bonchev–Trinajstić information content (AvgIpc) is 3.07. The van der Waals surface area contributed by atoms with Gasteiger partial charge in [-0.05, 0) is 42.0 Å². The van der Waals surface area contributed by atoms with Gasteiger partial charge in [0.05, 0.1) is 13.7 Å². The van der Waals surface area contributed by atoms with Gasteiger partial charge in [-0.2, -0.15) is 0 Å². The van der Waals surface area contributed by atoms with E-state index in [0.717, 1.165) is 0 Å². The van der Waals surface area contributed by atoms with Gasteiger partial charge in [0.2, 0.25) is 0 Å². The molecule has 1 amide bonds. The summed E-state index contributed by atoms with van der Waals surface area (Å²) in [5.41, 5.74) is 1.77. The number of allylic oxidation sites excluding steroid dienone is 1. The fourth-order valence-electron chi connectivity index (χ4n) is 2.57. The van der Waals surface area contributed by atoms with Crippen LogP contribution in [0.15, 0.2) is 46.9 Å². The highest BCUT2D eigenvalue weighted by atomic mass is 79.9. The third kappa shape index (κ3) is 3.72. The highest BCUT2D eigenvalue weighted by molar-refractivity contribution is 9.10. The Bertz CT molecular complexity index is 893. The number of hydrogen-bond acceptors (Lipinski definition) is 5. The van der Waals surface area contributed by atoms with Crippen molar-refractivity contribution in [2.45, 2.75) is 0 Å². The van der Waals surface area contributed by atoms with Crippen molar-refractivity contribution in [2.24, 2.45) is 0 Å². The van der Waals surface area contributed by atoms with Gasteiger partial charge in [-0.1, -0.05) is 28.1 Å². The molecule has 0 atom stereocenters. The molecule has 1 saturated heterocycles. The smallest absolute Gasteiger partial charge is 0.414 e. The maximum Gasteiger partial charge on any atom is 0.414 e. The highest BCUT2D eigenvalue weighted by Gasteiger charge is 2.23. The van der Waals surface area contributed by atoms with E-state index < -0.39 is 6.09 Å². The monoisotopic (exact) mass is 417 g/mol.